The third kappa shape index (κ3) is 3.02. The molecule has 0 amide bonds. The van der Waals surface area contributed by atoms with Crippen molar-refractivity contribution in [2.24, 2.45) is 5.41 Å². The van der Waals surface area contributed by atoms with Gasteiger partial charge < -0.3 is 0 Å². The van der Waals surface area contributed by atoms with Crippen LogP contribution in [0.4, 0.5) is 5.69 Å². The van der Waals surface area contributed by atoms with Crippen LogP contribution in [-0.2, 0) is 9.59 Å². The molecule has 122 valence electrons. The summed E-state index contributed by atoms with van der Waals surface area (Å²) in [5, 5.41) is 11.5. The fourth-order valence-corrected chi connectivity index (χ4v) is 4.27. The number of carbonyl (C=O) groups excluding carboxylic acids is 2. The number of hydrogen-bond donors (Lipinski definition) is 0. The van der Waals surface area contributed by atoms with E-state index in [-0.39, 0.29) is 33.3 Å². The van der Waals surface area contributed by atoms with Crippen molar-refractivity contribution in [3.63, 3.8) is 0 Å². The third-order valence-corrected chi connectivity index (χ3v) is 5.39. The summed E-state index contributed by atoms with van der Waals surface area (Å²) in [5.74, 6) is -1.39. The molecule has 0 bridgehead atoms. The zero-order valence-electron chi connectivity index (χ0n) is 12.7. The molecule has 2 saturated carbocycles. The molecule has 23 heavy (non-hydrogen) atoms. The molecule has 1 aromatic carbocycles. The molecule has 1 aromatic rings. The minimum atomic E-state index is -1.01. The number of halogens is 1. The van der Waals surface area contributed by atoms with Gasteiger partial charge >= 0.3 is 0 Å². The SMILES string of the molecule is O=C1CC2(CCCCC2)CC(=O)C1c1ccc(Cl)cc1[N+](=O)[O-]. The lowest BCUT2D eigenvalue weighted by Gasteiger charge is -2.41. The van der Waals surface area contributed by atoms with Crippen LogP contribution in [-0.4, -0.2) is 16.5 Å². The van der Waals surface area contributed by atoms with Crippen LogP contribution in [0, 0.1) is 15.5 Å². The molecule has 2 aliphatic rings. The number of ketones is 2. The van der Waals surface area contributed by atoms with E-state index in [2.05, 4.69) is 0 Å². The lowest BCUT2D eigenvalue weighted by Crippen LogP contribution is -2.40. The average molecular weight is 336 g/mol. The molecule has 0 saturated heterocycles. The summed E-state index contributed by atoms with van der Waals surface area (Å²) in [6.45, 7) is 0. The molecule has 2 aliphatic carbocycles. The Morgan fingerprint density at radius 1 is 1.09 bits per heavy atom. The Balaban J connectivity index is 1.94. The van der Waals surface area contributed by atoms with Gasteiger partial charge in [-0.3, -0.25) is 19.7 Å². The van der Waals surface area contributed by atoms with Crippen molar-refractivity contribution in [1.82, 2.24) is 0 Å². The molecule has 0 N–H and O–H groups in total. The maximum absolute atomic E-state index is 12.7. The standard InChI is InChI=1S/C17H18ClNO4/c18-11-4-5-12(13(8-11)19(22)23)16-14(20)9-17(10-15(16)21)6-2-1-3-7-17/h4-5,8,16H,1-3,6-7,9-10H2. The van der Waals surface area contributed by atoms with E-state index in [0.717, 1.165) is 32.1 Å². The Kier molecular flexibility index (Phi) is 4.23. The first kappa shape index (κ1) is 16.1. The highest BCUT2D eigenvalue weighted by Crippen LogP contribution is 2.49. The summed E-state index contributed by atoms with van der Waals surface area (Å²) >= 11 is 5.81. The van der Waals surface area contributed by atoms with Crippen molar-refractivity contribution in [2.75, 3.05) is 0 Å². The van der Waals surface area contributed by atoms with Crippen LogP contribution in [0.5, 0.6) is 0 Å². The Labute approximate surface area is 139 Å². The van der Waals surface area contributed by atoms with E-state index in [1.54, 1.807) is 0 Å². The van der Waals surface area contributed by atoms with Crippen LogP contribution in [0.25, 0.3) is 0 Å². The number of nitro benzene ring substituents is 1. The fraction of sp³-hybridized carbons (Fsp3) is 0.529. The van der Waals surface area contributed by atoms with Crippen LogP contribution < -0.4 is 0 Å². The zero-order chi connectivity index (χ0) is 16.6. The van der Waals surface area contributed by atoms with E-state index in [1.807, 2.05) is 0 Å². The smallest absolute Gasteiger partial charge is 0.275 e. The maximum atomic E-state index is 12.7. The third-order valence-electron chi connectivity index (χ3n) is 5.16. The number of nitro groups is 1. The number of Topliss-reactive ketones (excluding diaryl/α,β-unsaturated/α-hetero) is 2. The van der Waals surface area contributed by atoms with Crippen LogP contribution in [0.2, 0.25) is 5.02 Å². The molecule has 0 heterocycles. The van der Waals surface area contributed by atoms with E-state index >= 15 is 0 Å². The second kappa shape index (κ2) is 6.04. The van der Waals surface area contributed by atoms with Gasteiger partial charge in [0.25, 0.3) is 5.69 Å². The number of nitrogens with zero attached hydrogens (tertiary/aromatic N) is 1. The topological polar surface area (TPSA) is 77.3 Å². The summed E-state index contributed by atoms with van der Waals surface area (Å²) < 4.78 is 0. The van der Waals surface area contributed by atoms with E-state index in [9.17, 15) is 19.7 Å². The second-order valence-corrected chi connectivity index (χ2v) is 7.18. The van der Waals surface area contributed by atoms with Crippen molar-refractivity contribution in [2.45, 2.75) is 50.9 Å². The molecule has 0 aliphatic heterocycles. The Hall–Kier alpha value is -1.75. The highest BCUT2D eigenvalue weighted by Gasteiger charge is 2.47. The number of benzene rings is 1. The molecular formula is C17H18ClNO4. The van der Waals surface area contributed by atoms with Gasteiger partial charge in [0, 0.05) is 29.5 Å². The molecule has 0 unspecified atom stereocenters. The molecule has 0 radical (unpaired) electrons. The second-order valence-electron chi connectivity index (χ2n) is 6.74. The van der Waals surface area contributed by atoms with E-state index in [0.29, 0.717) is 12.8 Å². The van der Waals surface area contributed by atoms with Gasteiger partial charge in [-0.25, -0.2) is 0 Å². The predicted molar refractivity (Wildman–Crippen MR) is 85.6 cm³/mol. The van der Waals surface area contributed by atoms with Crippen molar-refractivity contribution >= 4 is 28.9 Å². The van der Waals surface area contributed by atoms with Crippen LogP contribution in [0.15, 0.2) is 18.2 Å². The Morgan fingerprint density at radius 3 is 2.26 bits per heavy atom. The summed E-state index contributed by atoms with van der Waals surface area (Å²) in [4.78, 5) is 36.0. The zero-order valence-corrected chi connectivity index (χ0v) is 13.5. The Bertz CT molecular complexity index is 659. The van der Waals surface area contributed by atoms with Gasteiger partial charge in [0.2, 0.25) is 0 Å². The summed E-state index contributed by atoms with van der Waals surface area (Å²) in [5.41, 5.74) is -0.270. The van der Waals surface area contributed by atoms with Gasteiger partial charge in [-0.15, -0.1) is 0 Å². The first-order chi connectivity index (χ1) is 10.9. The van der Waals surface area contributed by atoms with Crippen molar-refractivity contribution in [3.05, 3.63) is 38.9 Å². The fourth-order valence-electron chi connectivity index (χ4n) is 4.11. The molecular weight excluding hydrogens is 318 g/mol. The molecule has 0 aromatic heterocycles. The van der Waals surface area contributed by atoms with Gasteiger partial charge in [-0.1, -0.05) is 30.9 Å². The number of hydrogen-bond acceptors (Lipinski definition) is 4. The van der Waals surface area contributed by atoms with Crippen LogP contribution in [0.1, 0.15) is 56.4 Å². The van der Waals surface area contributed by atoms with E-state index in [4.69, 9.17) is 11.6 Å². The minimum absolute atomic E-state index is 0.181. The average Bonchev–Trinajstić information content (AvgIpc) is 2.48. The monoisotopic (exact) mass is 335 g/mol. The van der Waals surface area contributed by atoms with Crippen LogP contribution in [0.3, 0.4) is 0 Å². The van der Waals surface area contributed by atoms with E-state index < -0.39 is 10.8 Å². The first-order valence-corrected chi connectivity index (χ1v) is 8.29. The van der Waals surface area contributed by atoms with Crippen molar-refractivity contribution in [1.29, 1.82) is 0 Å². The maximum Gasteiger partial charge on any atom is 0.275 e. The highest BCUT2D eigenvalue weighted by molar-refractivity contribution is 6.30. The molecule has 6 heteroatoms. The lowest BCUT2D eigenvalue weighted by atomic mass is 9.61. The van der Waals surface area contributed by atoms with Gasteiger partial charge in [-0.05, 0) is 30.4 Å². The predicted octanol–water partition coefficient (Wildman–Crippen LogP) is 4.21. The lowest BCUT2D eigenvalue weighted by molar-refractivity contribution is -0.385. The first-order valence-electron chi connectivity index (χ1n) is 7.91. The number of carbonyl (C=O) groups is 2. The van der Waals surface area contributed by atoms with E-state index in [1.165, 1.54) is 18.2 Å². The quantitative estimate of drug-likeness (QED) is 0.460. The molecule has 5 nitrogen and oxygen atoms in total. The summed E-state index contributed by atoms with van der Waals surface area (Å²) in [7, 11) is 0. The largest absolute Gasteiger partial charge is 0.298 e. The van der Waals surface area contributed by atoms with Gasteiger partial charge in [0.05, 0.1) is 4.92 Å². The van der Waals surface area contributed by atoms with Crippen molar-refractivity contribution in [3.8, 4) is 0 Å². The van der Waals surface area contributed by atoms with Crippen molar-refractivity contribution < 1.29 is 14.5 Å². The molecule has 1 spiro atoms. The summed E-state index contributed by atoms with van der Waals surface area (Å²) in [6.07, 6.45) is 5.75. The molecule has 2 fully saturated rings. The van der Waals surface area contributed by atoms with Gasteiger partial charge in [0.1, 0.15) is 17.5 Å². The van der Waals surface area contributed by atoms with Gasteiger partial charge in [-0.2, -0.15) is 0 Å². The highest BCUT2D eigenvalue weighted by atomic mass is 35.5. The normalized spacial score (nSPS) is 21.6. The van der Waals surface area contributed by atoms with Gasteiger partial charge in [0.15, 0.2) is 0 Å². The minimum Gasteiger partial charge on any atom is -0.298 e. The van der Waals surface area contributed by atoms with Crippen LogP contribution >= 0.6 is 11.6 Å². The molecule has 3 rings (SSSR count). The molecule has 0 atom stereocenters. The Morgan fingerprint density at radius 2 is 1.70 bits per heavy atom. The summed E-state index contributed by atoms with van der Waals surface area (Å²) in [6, 6.07) is 4.15. The number of rotatable bonds is 2.